The lowest BCUT2D eigenvalue weighted by atomic mass is 10.0. The Bertz CT molecular complexity index is 907. The number of rotatable bonds is 5. The van der Waals surface area contributed by atoms with Crippen molar-refractivity contribution < 1.29 is 9.53 Å². The van der Waals surface area contributed by atoms with Crippen molar-refractivity contribution in [3.63, 3.8) is 0 Å². The second kappa shape index (κ2) is 9.84. The van der Waals surface area contributed by atoms with Gasteiger partial charge in [0, 0.05) is 18.5 Å². The first-order valence-corrected chi connectivity index (χ1v) is 8.90. The first-order valence-electron chi connectivity index (χ1n) is 8.90. The molecule has 0 unspecified atom stereocenters. The Morgan fingerprint density at radius 1 is 0.815 bits per heavy atom. The van der Waals surface area contributed by atoms with Crippen LogP contribution >= 0.6 is 0 Å². The van der Waals surface area contributed by atoms with E-state index in [-0.39, 0.29) is 6.61 Å². The monoisotopic (exact) mass is 355 g/mol. The summed E-state index contributed by atoms with van der Waals surface area (Å²) in [4.78, 5) is 11.6. The minimum atomic E-state index is -0.423. The van der Waals surface area contributed by atoms with Gasteiger partial charge in [-0.15, -0.1) is 0 Å². The van der Waals surface area contributed by atoms with Crippen molar-refractivity contribution in [3.8, 4) is 23.0 Å². The first kappa shape index (κ1) is 18.3. The zero-order valence-electron chi connectivity index (χ0n) is 15.0. The molecule has 0 fully saturated rings. The highest BCUT2D eigenvalue weighted by Gasteiger charge is 2.00. The Labute approximate surface area is 160 Å². The molecular weight excluding hydrogens is 334 g/mol. The van der Waals surface area contributed by atoms with Gasteiger partial charge in [-0.25, -0.2) is 4.79 Å². The van der Waals surface area contributed by atoms with Crippen LogP contribution in [0, 0.1) is 11.8 Å². The van der Waals surface area contributed by atoms with Gasteiger partial charge in [0.25, 0.3) is 0 Å². The Balaban J connectivity index is 1.39. The van der Waals surface area contributed by atoms with Crippen molar-refractivity contribution in [2.45, 2.75) is 13.0 Å². The number of hydrogen-bond acceptors (Lipinski definition) is 2. The quantitative estimate of drug-likeness (QED) is 0.515. The van der Waals surface area contributed by atoms with Crippen LogP contribution in [-0.2, 0) is 11.3 Å². The lowest BCUT2D eigenvalue weighted by Gasteiger charge is -2.05. The Hall–Kier alpha value is -3.51. The SMILES string of the molecule is O=C(NCCC#Cc1ccc(-c2ccccc2)cc1)OCc1ccccc1. The van der Waals surface area contributed by atoms with E-state index in [1.165, 1.54) is 11.1 Å². The van der Waals surface area contributed by atoms with Crippen LogP contribution in [0.1, 0.15) is 17.5 Å². The summed E-state index contributed by atoms with van der Waals surface area (Å²) in [5.41, 5.74) is 4.28. The molecule has 0 aliphatic heterocycles. The first-order chi connectivity index (χ1) is 13.3. The van der Waals surface area contributed by atoms with Crippen molar-refractivity contribution >= 4 is 6.09 Å². The van der Waals surface area contributed by atoms with Crippen molar-refractivity contribution in [3.05, 3.63) is 96.1 Å². The van der Waals surface area contributed by atoms with Crippen LogP contribution < -0.4 is 5.32 Å². The minimum absolute atomic E-state index is 0.270. The fraction of sp³-hybridized carbons (Fsp3) is 0.125. The van der Waals surface area contributed by atoms with Crippen LogP contribution in [0.5, 0.6) is 0 Å². The number of ether oxygens (including phenoxy) is 1. The summed E-state index contributed by atoms with van der Waals surface area (Å²) in [6.07, 6.45) is 0.147. The fourth-order valence-electron chi connectivity index (χ4n) is 2.54. The summed E-state index contributed by atoms with van der Waals surface area (Å²) < 4.78 is 5.15. The predicted octanol–water partition coefficient (Wildman–Crippen LogP) is 5.02. The molecule has 3 aromatic carbocycles. The largest absolute Gasteiger partial charge is 0.445 e. The van der Waals surface area contributed by atoms with Crippen LogP contribution in [0.3, 0.4) is 0 Å². The zero-order chi connectivity index (χ0) is 18.7. The lowest BCUT2D eigenvalue weighted by Crippen LogP contribution is -2.24. The van der Waals surface area contributed by atoms with Gasteiger partial charge < -0.3 is 10.1 Å². The topological polar surface area (TPSA) is 38.3 Å². The van der Waals surface area contributed by atoms with Crippen LogP contribution in [0.25, 0.3) is 11.1 Å². The van der Waals surface area contributed by atoms with Crippen LogP contribution in [0.15, 0.2) is 84.9 Å². The second-order valence-electron chi connectivity index (χ2n) is 5.98. The van der Waals surface area contributed by atoms with Gasteiger partial charge in [-0.1, -0.05) is 84.6 Å². The number of nitrogens with one attached hydrogen (secondary N) is 1. The number of amides is 1. The van der Waals surface area contributed by atoms with Crippen LogP contribution in [0.4, 0.5) is 4.79 Å². The summed E-state index contributed by atoms with van der Waals surface area (Å²) in [7, 11) is 0. The molecule has 0 radical (unpaired) electrons. The molecule has 27 heavy (non-hydrogen) atoms. The van der Waals surface area contributed by atoms with E-state index in [1.54, 1.807) is 0 Å². The van der Waals surface area contributed by atoms with E-state index < -0.39 is 6.09 Å². The number of hydrogen-bond donors (Lipinski definition) is 1. The Kier molecular flexibility index (Phi) is 6.66. The molecule has 0 saturated carbocycles. The number of alkyl carbamates (subject to hydrolysis) is 1. The van der Waals surface area contributed by atoms with Gasteiger partial charge in [0.1, 0.15) is 6.61 Å². The summed E-state index contributed by atoms with van der Waals surface area (Å²) in [5.74, 6) is 6.18. The number of carbonyl (C=O) groups is 1. The second-order valence-corrected chi connectivity index (χ2v) is 5.98. The standard InChI is InChI=1S/C24H21NO2/c26-24(27-19-21-10-3-1-4-11-21)25-18-8-7-9-20-14-16-23(17-15-20)22-12-5-2-6-13-22/h1-6,10-17H,8,18-19H2,(H,25,26). The normalized spacial score (nSPS) is 9.78. The summed E-state index contributed by atoms with van der Waals surface area (Å²) in [6, 6.07) is 28.0. The molecule has 0 aromatic heterocycles. The average Bonchev–Trinajstić information content (AvgIpc) is 2.74. The molecule has 0 atom stereocenters. The van der Waals surface area contributed by atoms with E-state index in [1.807, 2.05) is 60.7 Å². The third-order valence-electron chi connectivity index (χ3n) is 3.96. The van der Waals surface area contributed by atoms with E-state index in [4.69, 9.17) is 4.74 Å². The molecule has 3 heteroatoms. The fourth-order valence-corrected chi connectivity index (χ4v) is 2.54. The van der Waals surface area contributed by atoms with Crippen molar-refractivity contribution in [2.75, 3.05) is 6.54 Å². The predicted molar refractivity (Wildman–Crippen MR) is 108 cm³/mol. The lowest BCUT2D eigenvalue weighted by molar-refractivity contribution is 0.140. The van der Waals surface area contributed by atoms with E-state index in [9.17, 15) is 4.79 Å². The smallest absolute Gasteiger partial charge is 0.407 e. The van der Waals surface area contributed by atoms with Gasteiger partial charge in [-0.05, 0) is 28.8 Å². The summed E-state index contributed by atoms with van der Waals surface area (Å²) >= 11 is 0. The van der Waals surface area contributed by atoms with Gasteiger partial charge in [-0.3, -0.25) is 0 Å². The highest BCUT2D eigenvalue weighted by Crippen LogP contribution is 2.18. The number of carbonyl (C=O) groups excluding carboxylic acids is 1. The molecule has 3 nitrogen and oxygen atoms in total. The minimum Gasteiger partial charge on any atom is -0.445 e. The van der Waals surface area contributed by atoms with E-state index in [0.717, 1.165) is 11.1 Å². The maximum absolute atomic E-state index is 11.6. The molecule has 0 saturated heterocycles. The highest BCUT2D eigenvalue weighted by molar-refractivity contribution is 5.67. The maximum atomic E-state index is 11.6. The summed E-state index contributed by atoms with van der Waals surface area (Å²) in [5, 5.41) is 2.71. The van der Waals surface area contributed by atoms with E-state index in [0.29, 0.717) is 13.0 Å². The van der Waals surface area contributed by atoms with Gasteiger partial charge in [0.05, 0.1) is 0 Å². The molecule has 0 aliphatic rings. The van der Waals surface area contributed by atoms with Gasteiger partial charge in [0.2, 0.25) is 0 Å². The van der Waals surface area contributed by atoms with Crippen molar-refractivity contribution in [1.82, 2.24) is 5.32 Å². The van der Waals surface area contributed by atoms with Gasteiger partial charge >= 0.3 is 6.09 Å². The molecule has 0 heterocycles. The average molecular weight is 355 g/mol. The maximum Gasteiger partial charge on any atom is 0.407 e. The molecule has 134 valence electrons. The van der Waals surface area contributed by atoms with E-state index in [2.05, 4.69) is 41.4 Å². The van der Waals surface area contributed by atoms with Gasteiger partial charge in [0.15, 0.2) is 0 Å². The molecular formula is C24H21NO2. The molecule has 3 rings (SSSR count). The number of benzene rings is 3. The molecule has 3 aromatic rings. The summed E-state index contributed by atoms with van der Waals surface area (Å²) in [6.45, 7) is 0.731. The van der Waals surface area contributed by atoms with Crippen molar-refractivity contribution in [2.24, 2.45) is 0 Å². The van der Waals surface area contributed by atoms with Crippen molar-refractivity contribution in [1.29, 1.82) is 0 Å². The molecule has 0 aliphatic carbocycles. The zero-order valence-corrected chi connectivity index (χ0v) is 15.0. The van der Waals surface area contributed by atoms with Crippen LogP contribution in [0.2, 0.25) is 0 Å². The third kappa shape index (κ3) is 6.05. The Morgan fingerprint density at radius 2 is 1.44 bits per heavy atom. The van der Waals surface area contributed by atoms with Gasteiger partial charge in [-0.2, -0.15) is 0 Å². The van der Waals surface area contributed by atoms with E-state index >= 15 is 0 Å². The molecule has 0 bridgehead atoms. The molecule has 0 spiro atoms. The third-order valence-corrected chi connectivity index (χ3v) is 3.96. The molecule has 1 amide bonds. The Morgan fingerprint density at radius 3 is 2.15 bits per heavy atom. The highest BCUT2D eigenvalue weighted by atomic mass is 16.5. The molecule has 1 N–H and O–H groups in total. The van der Waals surface area contributed by atoms with Crippen LogP contribution in [-0.4, -0.2) is 12.6 Å².